The molecule has 0 aliphatic heterocycles. The largest absolute Gasteiger partial charge is 0.496 e. The molecule has 0 heterocycles. The Morgan fingerprint density at radius 1 is 1.03 bits per heavy atom. The minimum atomic E-state index is -0.900. The lowest BCUT2D eigenvalue weighted by Gasteiger charge is -2.20. The molecule has 6 nitrogen and oxygen atoms in total. The van der Waals surface area contributed by atoms with E-state index in [1.807, 2.05) is 44.2 Å². The number of hydrogen-bond donors (Lipinski definition) is 2. The Bertz CT molecular complexity index is 1250. The fourth-order valence-corrected chi connectivity index (χ4v) is 5.37. The minimum absolute atomic E-state index is 0.0805. The Balaban J connectivity index is 1.47. The SMILES string of the molecule is COc1cc(-c2ccc(N[C@]3(C(=O)O)C[C@H]3C)cc2COC2Cc3ccccc3C2)cc(OC)c1C. The van der Waals surface area contributed by atoms with E-state index in [1.165, 1.54) is 11.1 Å². The van der Waals surface area contributed by atoms with Gasteiger partial charge in [0.1, 0.15) is 17.0 Å². The van der Waals surface area contributed by atoms with Crippen molar-refractivity contribution in [3.8, 4) is 22.6 Å². The van der Waals surface area contributed by atoms with Gasteiger partial charge in [0.2, 0.25) is 0 Å². The van der Waals surface area contributed by atoms with E-state index in [1.54, 1.807) is 14.2 Å². The Morgan fingerprint density at radius 3 is 2.17 bits per heavy atom. The predicted molar refractivity (Wildman–Crippen MR) is 140 cm³/mol. The lowest BCUT2D eigenvalue weighted by Crippen LogP contribution is -2.33. The molecule has 0 amide bonds. The third-order valence-corrected chi connectivity index (χ3v) is 7.71. The van der Waals surface area contributed by atoms with Gasteiger partial charge < -0.3 is 24.6 Å². The van der Waals surface area contributed by atoms with Crippen molar-refractivity contribution < 1.29 is 24.1 Å². The number of ether oxygens (including phenoxy) is 3. The van der Waals surface area contributed by atoms with Gasteiger partial charge in [-0.3, -0.25) is 0 Å². The molecule has 0 unspecified atom stereocenters. The van der Waals surface area contributed by atoms with Crippen LogP contribution in [0, 0.1) is 12.8 Å². The van der Waals surface area contributed by atoms with Crippen LogP contribution in [0.2, 0.25) is 0 Å². The number of rotatable bonds is 9. The van der Waals surface area contributed by atoms with Crippen molar-refractivity contribution in [3.63, 3.8) is 0 Å². The van der Waals surface area contributed by atoms with Crippen LogP contribution in [0.5, 0.6) is 11.5 Å². The first-order chi connectivity index (χ1) is 17.3. The number of aliphatic carboxylic acids is 1. The molecule has 2 N–H and O–H groups in total. The zero-order valence-electron chi connectivity index (χ0n) is 21.3. The molecule has 0 aromatic heterocycles. The molecule has 2 atom stereocenters. The maximum absolute atomic E-state index is 11.9. The van der Waals surface area contributed by atoms with Crippen molar-refractivity contribution in [1.82, 2.24) is 0 Å². The average molecular weight is 488 g/mol. The summed E-state index contributed by atoms with van der Waals surface area (Å²) in [5, 5.41) is 13.1. The van der Waals surface area contributed by atoms with Crippen LogP contribution in [0.25, 0.3) is 11.1 Å². The third-order valence-electron chi connectivity index (χ3n) is 7.71. The number of anilines is 1. The first kappa shape index (κ1) is 24.2. The molecule has 2 aliphatic rings. The maximum atomic E-state index is 11.9. The Kier molecular flexibility index (Phi) is 6.39. The molecule has 0 spiro atoms. The van der Waals surface area contributed by atoms with Gasteiger partial charge in [0, 0.05) is 11.3 Å². The van der Waals surface area contributed by atoms with Crippen molar-refractivity contribution in [3.05, 3.63) is 76.9 Å². The number of nitrogens with one attached hydrogen (secondary N) is 1. The molecule has 188 valence electrons. The molecular weight excluding hydrogens is 454 g/mol. The summed E-state index contributed by atoms with van der Waals surface area (Å²) in [5.41, 5.74) is 6.46. The normalized spacial score (nSPS) is 20.6. The molecule has 0 bridgehead atoms. The average Bonchev–Trinajstić information content (AvgIpc) is 3.34. The molecule has 6 heteroatoms. The van der Waals surface area contributed by atoms with E-state index in [2.05, 4.69) is 29.6 Å². The van der Waals surface area contributed by atoms with Crippen molar-refractivity contribution in [2.45, 2.75) is 51.4 Å². The minimum Gasteiger partial charge on any atom is -0.496 e. The second-order valence-corrected chi connectivity index (χ2v) is 9.99. The number of carboxylic acid groups (broad SMARTS) is 1. The highest BCUT2D eigenvalue weighted by Crippen LogP contribution is 2.46. The van der Waals surface area contributed by atoms with Crippen LogP contribution in [0.15, 0.2) is 54.6 Å². The van der Waals surface area contributed by atoms with Gasteiger partial charge in [-0.2, -0.15) is 0 Å². The van der Waals surface area contributed by atoms with Gasteiger partial charge in [-0.05, 0) is 84.2 Å². The molecular formula is C30H33NO5. The third kappa shape index (κ3) is 4.42. The highest BCUT2D eigenvalue weighted by molar-refractivity contribution is 5.87. The van der Waals surface area contributed by atoms with Crippen molar-refractivity contribution in [2.75, 3.05) is 19.5 Å². The first-order valence-electron chi connectivity index (χ1n) is 12.4. The van der Waals surface area contributed by atoms with E-state index >= 15 is 0 Å². The molecule has 0 saturated heterocycles. The number of carboxylic acids is 1. The van der Waals surface area contributed by atoms with Gasteiger partial charge in [0.05, 0.1) is 26.9 Å². The monoisotopic (exact) mass is 487 g/mol. The summed E-state index contributed by atoms with van der Waals surface area (Å²) in [7, 11) is 3.31. The van der Waals surface area contributed by atoms with Crippen LogP contribution < -0.4 is 14.8 Å². The zero-order chi connectivity index (χ0) is 25.4. The summed E-state index contributed by atoms with van der Waals surface area (Å²) in [4.78, 5) is 11.9. The number of carbonyl (C=O) groups is 1. The Morgan fingerprint density at radius 2 is 1.64 bits per heavy atom. The van der Waals surface area contributed by atoms with Crippen LogP contribution in [0.3, 0.4) is 0 Å². The fourth-order valence-electron chi connectivity index (χ4n) is 5.37. The van der Waals surface area contributed by atoms with Crippen molar-refractivity contribution in [2.24, 2.45) is 5.92 Å². The molecule has 36 heavy (non-hydrogen) atoms. The van der Waals surface area contributed by atoms with Crippen molar-refractivity contribution in [1.29, 1.82) is 0 Å². The van der Waals surface area contributed by atoms with E-state index in [0.717, 1.165) is 52.3 Å². The molecule has 0 radical (unpaired) electrons. The van der Waals surface area contributed by atoms with Crippen LogP contribution in [-0.2, 0) is 29.0 Å². The summed E-state index contributed by atoms with van der Waals surface area (Å²) in [6.45, 7) is 4.35. The molecule has 3 aromatic carbocycles. The highest BCUT2D eigenvalue weighted by Gasteiger charge is 2.58. The first-order valence-corrected chi connectivity index (χ1v) is 12.4. The van der Waals surface area contributed by atoms with Gasteiger partial charge in [0.25, 0.3) is 0 Å². The Labute approximate surface area is 212 Å². The molecule has 2 aliphatic carbocycles. The molecule has 5 rings (SSSR count). The van der Waals surface area contributed by atoms with Crippen LogP contribution in [-0.4, -0.2) is 36.9 Å². The van der Waals surface area contributed by atoms with E-state index in [9.17, 15) is 9.90 Å². The summed E-state index contributed by atoms with van der Waals surface area (Å²) in [6.07, 6.45) is 2.52. The number of methoxy groups -OCH3 is 2. The van der Waals surface area contributed by atoms with Crippen molar-refractivity contribution >= 4 is 11.7 Å². The van der Waals surface area contributed by atoms with Crippen LogP contribution in [0.1, 0.15) is 35.6 Å². The predicted octanol–water partition coefficient (Wildman–Crippen LogP) is 5.64. The standard InChI is InChI=1S/C30H33NO5/c1-18-16-30(18,29(32)33)31-24-9-10-26(22-14-27(34-3)19(2)28(15-22)35-4)23(11-24)17-36-25-12-20-7-5-6-8-21(20)13-25/h5-11,14-15,18,25,31H,12-13,16-17H2,1-4H3,(H,32,33)/t18-,30-/m1/s1. The quantitative estimate of drug-likeness (QED) is 0.407. The van der Waals surface area contributed by atoms with Crippen LogP contribution >= 0.6 is 0 Å². The second-order valence-electron chi connectivity index (χ2n) is 9.99. The van der Waals surface area contributed by atoms with E-state index in [0.29, 0.717) is 13.0 Å². The lowest BCUT2D eigenvalue weighted by molar-refractivity contribution is -0.139. The summed E-state index contributed by atoms with van der Waals surface area (Å²) >= 11 is 0. The van der Waals surface area contributed by atoms with Gasteiger partial charge in [-0.25, -0.2) is 4.79 Å². The molecule has 1 fully saturated rings. The van der Waals surface area contributed by atoms with Gasteiger partial charge >= 0.3 is 5.97 Å². The van der Waals surface area contributed by atoms with E-state index < -0.39 is 11.5 Å². The summed E-state index contributed by atoms with van der Waals surface area (Å²) in [6, 6.07) is 18.5. The fraction of sp³-hybridized carbons (Fsp3) is 0.367. The summed E-state index contributed by atoms with van der Waals surface area (Å²) < 4.78 is 17.7. The molecule has 1 saturated carbocycles. The van der Waals surface area contributed by atoms with E-state index in [4.69, 9.17) is 14.2 Å². The second kappa shape index (κ2) is 9.51. The number of hydrogen-bond acceptors (Lipinski definition) is 5. The zero-order valence-corrected chi connectivity index (χ0v) is 21.3. The van der Waals surface area contributed by atoms with Gasteiger partial charge in [-0.15, -0.1) is 0 Å². The smallest absolute Gasteiger partial charge is 0.329 e. The maximum Gasteiger partial charge on any atom is 0.329 e. The Hall–Kier alpha value is -3.51. The highest BCUT2D eigenvalue weighted by atomic mass is 16.5. The topological polar surface area (TPSA) is 77.0 Å². The van der Waals surface area contributed by atoms with Gasteiger partial charge in [-0.1, -0.05) is 37.3 Å². The number of fused-ring (bicyclic) bond motifs is 1. The van der Waals surface area contributed by atoms with Crippen LogP contribution in [0.4, 0.5) is 5.69 Å². The summed E-state index contributed by atoms with van der Waals surface area (Å²) in [5.74, 6) is 0.771. The molecule has 3 aromatic rings. The number of benzene rings is 3. The lowest BCUT2D eigenvalue weighted by atomic mass is 9.97. The van der Waals surface area contributed by atoms with Gasteiger partial charge in [0.15, 0.2) is 0 Å². The van der Waals surface area contributed by atoms with E-state index in [-0.39, 0.29) is 12.0 Å².